The molecule has 3 aromatic carbocycles. The van der Waals surface area contributed by atoms with Crippen LogP contribution in [-0.2, 0) is 19.5 Å². The standard InChI is InChI=1S/C34H43FN2O2/c1-2-38-31-16-14-28(15-17-31)25-36-21-19-34(20-22-36)18-8-7-10-29-9-4-6-13-33(29)39-24-23-37(27-34)26-30-11-3-5-12-32(30)35/h3-6,9,11-17H,2,7-8,10,18-27H2,1H3. The first-order valence-electron chi connectivity index (χ1n) is 14.7. The van der Waals surface area contributed by atoms with Gasteiger partial charge in [0.15, 0.2) is 0 Å². The lowest BCUT2D eigenvalue weighted by Crippen LogP contribution is -2.47. The van der Waals surface area contributed by atoms with E-state index in [1.54, 1.807) is 12.1 Å². The fourth-order valence-corrected chi connectivity index (χ4v) is 6.30. The van der Waals surface area contributed by atoms with Gasteiger partial charge in [-0.3, -0.25) is 9.80 Å². The summed E-state index contributed by atoms with van der Waals surface area (Å²) in [5.41, 5.74) is 3.66. The first kappa shape index (κ1) is 27.7. The van der Waals surface area contributed by atoms with Crippen LogP contribution < -0.4 is 9.47 Å². The van der Waals surface area contributed by atoms with Crippen LogP contribution in [0, 0.1) is 11.2 Å². The van der Waals surface area contributed by atoms with Crippen molar-refractivity contribution in [3.05, 3.63) is 95.3 Å². The fourth-order valence-electron chi connectivity index (χ4n) is 6.30. The van der Waals surface area contributed by atoms with Gasteiger partial charge in [-0.2, -0.15) is 0 Å². The highest BCUT2D eigenvalue weighted by atomic mass is 19.1. The molecule has 0 N–H and O–H groups in total. The van der Waals surface area contributed by atoms with Crippen molar-refractivity contribution in [3.8, 4) is 11.5 Å². The number of likely N-dealkylation sites (tertiary alicyclic amines) is 1. The maximum Gasteiger partial charge on any atom is 0.127 e. The molecule has 3 aromatic rings. The Morgan fingerprint density at radius 3 is 2.38 bits per heavy atom. The highest BCUT2D eigenvalue weighted by Crippen LogP contribution is 2.39. The first-order valence-corrected chi connectivity index (χ1v) is 14.7. The summed E-state index contributed by atoms with van der Waals surface area (Å²) in [5, 5.41) is 0. The molecule has 0 radical (unpaired) electrons. The number of hydrogen-bond acceptors (Lipinski definition) is 4. The molecule has 2 aliphatic heterocycles. The van der Waals surface area contributed by atoms with Crippen molar-refractivity contribution in [1.82, 2.24) is 9.80 Å². The van der Waals surface area contributed by atoms with Crippen molar-refractivity contribution >= 4 is 0 Å². The Bertz CT molecular complexity index is 1170. The van der Waals surface area contributed by atoms with Crippen molar-refractivity contribution in [2.24, 2.45) is 5.41 Å². The number of fused-ring (bicyclic) bond motifs is 1. The molecule has 1 saturated heterocycles. The molecule has 39 heavy (non-hydrogen) atoms. The number of ether oxygens (including phenoxy) is 2. The van der Waals surface area contributed by atoms with E-state index in [1.165, 1.54) is 43.2 Å². The smallest absolute Gasteiger partial charge is 0.127 e. The lowest BCUT2D eigenvalue weighted by Gasteiger charge is -2.45. The first-order chi connectivity index (χ1) is 19.1. The topological polar surface area (TPSA) is 24.9 Å². The molecule has 1 spiro atoms. The summed E-state index contributed by atoms with van der Waals surface area (Å²) in [5.74, 6) is 1.82. The Morgan fingerprint density at radius 2 is 1.59 bits per heavy atom. The molecule has 0 aromatic heterocycles. The lowest BCUT2D eigenvalue weighted by molar-refractivity contribution is 0.0406. The highest BCUT2D eigenvalue weighted by molar-refractivity contribution is 5.33. The molecule has 2 heterocycles. The molecule has 4 nitrogen and oxygen atoms in total. The summed E-state index contributed by atoms with van der Waals surface area (Å²) in [6.07, 6.45) is 7.02. The Morgan fingerprint density at radius 1 is 0.821 bits per heavy atom. The van der Waals surface area contributed by atoms with Crippen LogP contribution in [0.2, 0.25) is 0 Å². The van der Waals surface area contributed by atoms with Crippen molar-refractivity contribution < 1.29 is 13.9 Å². The number of hydrogen-bond donors (Lipinski definition) is 0. The molecular weight excluding hydrogens is 487 g/mol. The van der Waals surface area contributed by atoms with Gasteiger partial charge in [0, 0.05) is 31.7 Å². The van der Waals surface area contributed by atoms with E-state index in [1.807, 2.05) is 19.1 Å². The van der Waals surface area contributed by atoms with Gasteiger partial charge < -0.3 is 9.47 Å². The van der Waals surface area contributed by atoms with E-state index in [4.69, 9.17) is 9.47 Å². The zero-order valence-corrected chi connectivity index (χ0v) is 23.4. The summed E-state index contributed by atoms with van der Waals surface area (Å²) in [7, 11) is 0. The van der Waals surface area contributed by atoms with Crippen molar-refractivity contribution in [3.63, 3.8) is 0 Å². The highest BCUT2D eigenvalue weighted by Gasteiger charge is 2.36. The predicted octanol–water partition coefficient (Wildman–Crippen LogP) is 7.11. The third kappa shape index (κ3) is 7.61. The number of rotatable bonds is 6. The number of benzene rings is 3. The molecule has 0 bridgehead atoms. The van der Waals surface area contributed by atoms with Crippen LogP contribution >= 0.6 is 0 Å². The van der Waals surface area contributed by atoms with Crippen molar-refractivity contribution in [2.75, 3.05) is 39.4 Å². The molecule has 0 atom stereocenters. The quantitative estimate of drug-likeness (QED) is 0.339. The Labute approximate surface area is 233 Å². The third-order valence-electron chi connectivity index (χ3n) is 8.51. The number of para-hydroxylation sites is 1. The second-order valence-corrected chi connectivity index (χ2v) is 11.3. The SMILES string of the molecule is CCOc1ccc(CN2CCC3(CCCCc4ccccc4OCCN(Cc4ccccc4F)C3)CC2)cc1. The zero-order valence-electron chi connectivity index (χ0n) is 23.4. The van der Waals surface area contributed by atoms with Gasteiger partial charge in [0.1, 0.15) is 23.9 Å². The zero-order chi connectivity index (χ0) is 26.9. The molecule has 0 saturated carbocycles. The third-order valence-corrected chi connectivity index (χ3v) is 8.51. The van der Waals surface area contributed by atoms with Crippen molar-refractivity contribution in [1.29, 1.82) is 0 Å². The minimum absolute atomic E-state index is 0.117. The average molecular weight is 531 g/mol. The van der Waals surface area contributed by atoms with Crippen LogP contribution in [0.3, 0.4) is 0 Å². The van der Waals surface area contributed by atoms with Crippen molar-refractivity contribution in [2.45, 2.75) is 58.5 Å². The second-order valence-electron chi connectivity index (χ2n) is 11.3. The van der Waals surface area contributed by atoms with Gasteiger partial charge in [0.05, 0.1) is 6.61 Å². The van der Waals surface area contributed by atoms with Gasteiger partial charge in [0.25, 0.3) is 0 Å². The van der Waals surface area contributed by atoms with Crippen LogP contribution in [0.1, 0.15) is 55.7 Å². The largest absolute Gasteiger partial charge is 0.494 e. The van der Waals surface area contributed by atoms with Gasteiger partial charge in [-0.15, -0.1) is 0 Å². The summed E-state index contributed by atoms with van der Waals surface area (Å²) in [4.78, 5) is 5.04. The van der Waals surface area contributed by atoms with Crippen LogP contribution in [-0.4, -0.2) is 49.2 Å². The minimum atomic E-state index is -0.117. The maximum atomic E-state index is 14.7. The van der Waals surface area contributed by atoms with E-state index in [0.29, 0.717) is 19.8 Å². The van der Waals surface area contributed by atoms with Gasteiger partial charge in [-0.1, -0.05) is 55.0 Å². The van der Waals surface area contributed by atoms with Gasteiger partial charge in [-0.05, 0) is 92.9 Å². The maximum absolute atomic E-state index is 14.7. The van der Waals surface area contributed by atoms with Crippen LogP contribution in [0.5, 0.6) is 11.5 Å². The molecule has 0 aliphatic carbocycles. The summed E-state index contributed by atoms with van der Waals surface area (Å²) in [6, 6.07) is 24.2. The Hall–Kier alpha value is -2.89. The lowest BCUT2D eigenvalue weighted by atomic mass is 9.73. The summed E-state index contributed by atoms with van der Waals surface area (Å²) in [6.45, 7) is 8.90. The van der Waals surface area contributed by atoms with Gasteiger partial charge in [-0.25, -0.2) is 4.39 Å². The fraction of sp³-hybridized carbons (Fsp3) is 0.471. The molecule has 1 fully saturated rings. The normalized spacial score (nSPS) is 18.9. The number of aryl methyl sites for hydroxylation is 1. The predicted molar refractivity (Wildman–Crippen MR) is 156 cm³/mol. The average Bonchev–Trinajstić information content (AvgIpc) is 2.95. The second kappa shape index (κ2) is 13.5. The monoisotopic (exact) mass is 530 g/mol. The molecular formula is C34H43FN2O2. The molecule has 0 unspecified atom stereocenters. The summed E-state index contributed by atoms with van der Waals surface area (Å²) >= 11 is 0. The molecule has 5 heteroatoms. The van der Waals surface area contributed by atoms with Crippen LogP contribution in [0.15, 0.2) is 72.8 Å². The molecule has 208 valence electrons. The van der Waals surface area contributed by atoms with E-state index in [0.717, 1.165) is 56.2 Å². The summed E-state index contributed by atoms with van der Waals surface area (Å²) < 4.78 is 26.6. The van der Waals surface area contributed by atoms with Gasteiger partial charge in [0.2, 0.25) is 0 Å². The Kier molecular flexibility index (Phi) is 9.54. The molecule has 0 amide bonds. The van der Waals surface area contributed by atoms with E-state index < -0.39 is 0 Å². The molecule has 5 rings (SSSR count). The van der Waals surface area contributed by atoms with E-state index in [9.17, 15) is 4.39 Å². The van der Waals surface area contributed by atoms with E-state index in [2.05, 4.69) is 58.3 Å². The van der Waals surface area contributed by atoms with Crippen LogP contribution in [0.25, 0.3) is 0 Å². The van der Waals surface area contributed by atoms with E-state index in [-0.39, 0.29) is 11.2 Å². The van der Waals surface area contributed by atoms with Crippen LogP contribution in [0.4, 0.5) is 4.39 Å². The molecule has 2 aliphatic rings. The number of halogens is 1. The number of piperidine rings is 1. The van der Waals surface area contributed by atoms with E-state index >= 15 is 0 Å². The minimum Gasteiger partial charge on any atom is -0.494 e. The number of nitrogens with zero attached hydrogens (tertiary/aromatic N) is 2. The Balaban J connectivity index is 1.29. The van der Waals surface area contributed by atoms with Gasteiger partial charge >= 0.3 is 0 Å².